The zero-order valence-corrected chi connectivity index (χ0v) is 43.3. The minimum atomic E-state index is -0.634. The summed E-state index contributed by atoms with van der Waals surface area (Å²) in [6, 6.07) is 44.9. The van der Waals surface area contributed by atoms with Gasteiger partial charge in [0.2, 0.25) is 0 Å². The molecule has 0 aliphatic carbocycles. The average Bonchev–Trinajstić information content (AvgIpc) is 3.26. The number of phenols is 2. The fourth-order valence-corrected chi connectivity index (χ4v) is 4.74. The predicted octanol–water partition coefficient (Wildman–Crippen LogP) is 12.0. The summed E-state index contributed by atoms with van der Waals surface area (Å²) in [5.41, 5.74) is 8.40. The summed E-state index contributed by atoms with van der Waals surface area (Å²) in [6.07, 6.45) is 6.22. The molecule has 11 heteroatoms. The second kappa shape index (κ2) is 33.0. The summed E-state index contributed by atoms with van der Waals surface area (Å²) in [7, 11) is 0. The quantitative estimate of drug-likeness (QED) is 0.0488. The van der Waals surface area contributed by atoms with Gasteiger partial charge in [-0.3, -0.25) is 29.3 Å². The third-order valence-corrected chi connectivity index (χ3v) is 7.53. The summed E-state index contributed by atoms with van der Waals surface area (Å²) in [6.45, 7) is 17.5. The first-order valence-corrected chi connectivity index (χ1v) is 18.2. The maximum Gasteiger partial charge on any atom is 0.155 e. The van der Waals surface area contributed by atoms with Gasteiger partial charge in [-0.15, -0.1) is 0 Å². The molecule has 0 aliphatic rings. The molecule has 0 saturated carbocycles. The Kier molecular flexibility index (Phi) is 32.2. The van der Waals surface area contributed by atoms with E-state index in [1.165, 1.54) is 0 Å². The molecule has 0 unspecified atom stereocenters. The van der Waals surface area contributed by atoms with E-state index in [0.717, 1.165) is 44.5 Å². The number of benzene rings is 6. The number of hydrogen-bond donors (Lipinski definition) is 2. The molecule has 0 fully saturated rings. The molecule has 3 radical (unpaired) electrons. The zero-order chi connectivity index (χ0) is 42.2. The molecular weight excluding hydrogens is 1000 g/mol. The van der Waals surface area contributed by atoms with E-state index in [1.54, 1.807) is 48.5 Å². The Bertz CT molecular complexity index is 2020. The van der Waals surface area contributed by atoms with Gasteiger partial charge in [0.25, 0.3) is 0 Å². The molecule has 0 atom stereocenters. The number of ether oxygens (including phenoxy) is 2. The van der Waals surface area contributed by atoms with Crippen LogP contribution in [-0.4, -0.2) is 27.4 Å². The van der Waals surface area contributed by atoms with Crippen molar-refractivity contribution in [1.82, 2.24) is 0 Å². The van der Waals surface area contributed by atoms with Crippen molar-refractivity contribution in [3.63, 3.8) is 0 Å². The van der Waals surface area contributed by atoms with E-state index in [4.69, 9.17) is 9.47 Å². The van der Waals surface area contributed by atoms with Gasteiger partial charge in [0, 0.05) is 98.1 Å². The molecule has 6 aromatic carbocycles. The molecule has 301 valence electrons. The van der Waals surface area contributed by atoms with Crippen LogP contribution in [-0.2, 0) is 113 Å². The standard InChI is InChI=1S/C24H16O4.C18H14O2.C3H2ClO.2C2H6.3Y/c1-3-23(25)27-21-13-9-19(10-14-21)17-5-7-18(8-6-17)20-11-15-22(16-12-20)28-24(26)4-2;19-17-9-5-15(6-10-17)13-1-2-14(4-3-13)16-7-11-18(20)12-8-16;1-2-3(4)5;2*1-2;;;/h5-16H,1-2H2;1-12,19-20H;1H2;2*1-2H3;;;/q-2;;-1;;;;;. The van der Waals surface area contributed by atoms with Crippen molar-refractivity contribution in [3.8, 4) is 67.5 Å². The largest absolute Gasteiger partial charge is 0.508 e. The van der Waals surface area contributed by atoms with Crippen LogP contribution in [0.15, 0.2) is 165 Å². The molecule has 0 aromatic heterocycles. The minimum absolute atomic E-state index is 0. The number of carbonyl (C=O) groups is 3. The third kappa shape index (κ3) is 20.7. The molecule has 0 spiro atoms. The molecule has 7 nitrogen and oxygen atoms in total. The fourth-order valence-electron chi connectivity index (χ4n) is 4.74. The Labute approximate surface area is 434 Å². The summed E-state index contributed by atoms with van der Waals surface area (Å²) in [4.78, 5) is 31.7. The number of esters is 2. The van der Waals surface area contributed by atoms with Crippen LogP contribution < -0.4 is 9.47 Å². The van der Waals surface area contributed by atoms with Gasteiger partial charge >= 0.3 is 0 Å². The maximum atomic E-state index is 11.2. The fraction of sp³-hybridized carbons (Fsp3) is 0.0816. The average molecular weight is 1050 g/mol. The summed E-state index contributed by atoms with van der Waals surface area (Å²) in [5, 5.41) is 18.0. The summed E-state index contributed by atoms with van der Waals surface area (Å²) in [5.74, 6) is 0.206. The van der Waals surface area contributed by atoms with Crippen molar-refractivity contribution in [2.45, 2.75) is 27.7 Å². The second-order valence-corrected chi connectivity index (χ2v) is 11.2. The predicted molar refractivity (Wildman–Crippen MR) is 229 cm³/mol. The van der Waals surface area contributed by atoms with Crippen LogP contribution >= 0.6 is 11.6 Å². The van der Waals surface area contributed by atoms with Crippen LogP contribution in [0.5, 0.6) is 23.0 Å². The first-order chi connectivity index (χ1) is 27.6. The molecule has 6 rings (SSSR count). The number of halogens is 1. The molecule has 0 bridgehead atoms. The number of phenolic OH excluding ortho intramolecular Hbond substituents is 2. The van der Waals surface area contributed by atoms with Crippen LogP contribution in [0.25, 0.3) is 44.5 Å². The SMILES string of the molecule is C=[C-]C(=O)Cl.C=[C-]C(=O)Oc1ccc(-c2ccc(-c3ccc(OC(=O)[C-]=C)cc3)cc2)cc1.CC.CC.Oc1ccc(-c2ccc(-c3ccc(O)cc3)cc2)cc1.[Y].[Y].[Y]. The third-order valence-electron chi connectivity index (χ3n) is 7.40. The minimum Gasteiger partial charge on any atom is -0.508 e. The van der Waals surface area contributed by atoms with Crippen molar-refractivity contribution in [1.29, 1.82) is 0 Å². The number of allylic oxidation sites excluding steroid dienone is 1. The van der Waals surface area contributed by atoms with E-state index in [9.17, 15) is 24.6 Å². The van der Waals surface area contributed by atoms with Crippen molar-refractivity contribution < 1.29 is 132 Å². The van der Waals surface area contributed by atoms with Crippen LogP contribution in [0.3, 0.4) is 0 Å². The van der Waals surface area contributed by atoms with E-state index in [1.807, 2.05) is 107 Å². The number of hydrogen-bond acceptors (Lipinski definition) is 7. The van der Waals surface area contributed by atoms with E-state index >= 15 is 0 Å². The van der Waals surface area contributed by atoms with Crippen LogP contribution in [0, 0.1) is 18.2 Å². The Morgan fingerprint density at radius 3 is 0.733 bits per heavy atom. The molecule has 2 N–H and O–H groups in total. The maximum absolute atomic E-state index is 11.2. The number of carbonyl (C=O) groups excluding carboxylic acids is 3. The molecule has 6 aromatic rings. The number of aromatic hydroxyl groups is 2. The van der Waals surface area contributed by atoms with Gasteiger partial charge in [-0.2, -0.15) is 0 Å². The van der Waals surface area contributed by atoms with Gasteiger partial charge < -0.3 is 42.7 Å². The van der Waals surface area contributed by atoms with E-state index in [0.29, 0.717) is 11.5 Å². The Morgan fingerprint density at radius 1 is 0.400 bits per heavy atom. The van der Waals surface area contributed by atoms with Crippen LogP contribution in [0.2, 0.25) is 0 Å². The first kappa shape index (κ1) is 58.4. The summed E-state index contributed by atoms with van der Waals surface area (Å²) < 4.78 is 10.0. The van der Waals surface area contributed by atoms with Gasteiger partial charge in [0.1, 0.15) is 23.0 Å². The van der Waals surface area contributed by atoms with Crippen LogP contribution in [0.1, 0.15) is 27.7 Å². The summed E-state index contributed by atoms with van der Waals surface area (Å²) >= 11 is 4.65. The van der Waals surface area contributed by atoms with Crippen LogP contribution in [0.4, 0.5) is 0 Å². The van der Waals surface area contributed by atoms with Gasteiger partial charge in [-0.25, -0.2) is 0 Å². The molecule has 0 aliphatic heterocycles. The second-order valence-electron chi connectivity index (χ2n) is 10.9. The van der Waals surface area contributed by atoms with Gasteiger partial charge in [0.15, 0.2) is 11.9 Å². The topological polar surface area (TPSA) is 110 Å². The monoisotopic (exact) mass is 1050 g/mol. The smallest absolute Gasteiger partial charge is 0.155 e. The molecule has 0 saturated heterocycles. The Morgan fingerprint density at radius 2 is 0.567 bits per heavy atom. The Hall–Kier alpha value is -3.65. The van der Waals surface area contributed by atoms with Crippen molar-refractivity contribution >= 4 is 28.8 Å². The zero-order valence-electron chi connectivity index (χ0n) is 34.0. The van der Waals surface area contributed by atoms with E-state index < -0.39 is 17.2 Å². The first-order valence-electron chi connectivity index (χ1n) is 17.8. The van der Waals surface area contributed by atoms with Gasteiger partial charge in [-0.1, -0.05) is 136 Å². The van der Waals surface area contributed by atoms with Crippen molar-refractivity contribution in [2.75, 3.05) is 0 Å². The molecule has 0 heterocycles. The molecular formula is C49H44ClO7Y3-3. The molecule has 60 heavy (non-hydrogen) atoms. The van der Waals surface area contributed by atoms with Crippen molar-refractivity contribution in [2.24, 2.45) is 0 Å². The number of rotatable bonds is 9. The van der Waals surface area contributed by atoms with E-state index in [-0.39, 0.29) is 110 Å². The normalized spacial score (nSPS) is 8.88. The molecule has 0 amide bonds. The Balaban J connectivity index is 0. The van der Waals surface area contributed by atoms with Gasteiger partial charge in [-0.05, 0) is 93.0 Å². The van der Waals surface area contributed by atoms with Gasteiger partial charge in [0.05, 0.1) is 5.24 Å². The van der Waals surface area contributed by atoms with E-state index in [2.05, 4.69) is 67.8 Å². The van der Waals surface area contributed by atoms with Crippen molar-refractivity contribution in [3.05, 3.63) is 184 Å².